The maximum absolute atomic E-state index is 11.0. The molecule has 2 N–H and O–H groups in total. The SMILES string of the molecule is C#CCOc1ccccc1CNCC(=O)NC. The third-order valence-electron chi connectivity index (χ3n) is 2.16. The Hall–Kier alpha value is -1.99. The van der Waals surface area contributed by atoms with Gasteiger partial charge in [-0.3, -0.25) is 4.79 Å². The first-order valence-corrected chi connectivity index (χ1v) is 5.33. The Kier molecular flexibility index (Phi) is 5.62. The number of terminal acetylenes is 1. The summed E-state index contributed by atoms with van der Waals surface area (Å²) in [6.07, 6.45) is 5.14. The molecule has 1 aromatic rings. The summed E-state index contributed by atoms with van der Waals surface area (Å²) in [5.74, 6) is 3.12. The number of carbonyl (C=O) groups excluding carboxylic acids is 1. The molecular weight excluding hydrogens is 216 g/mol. The van der Waals surface area contributed by atoms with E-state index in [2.05, 4.69) is 16.6 Å². The van der Waals surface area contributed by atoms with Gasteiger partial charge in [-0.1, -0.05) is 24.1 Å². The van der Waals surface area contributed by atoms with Crippen molar-refractivity contribution in [3.63, 3.8) is 0 Å². The Bertz CT molecular complexity index is 410. The molecule has 0 heterocycles. The lowest BCUT2D eigenvalue weighted by Crippen LogP contribution is -2.31. The molecule has 0 saturated heterocycles. The van der Waals surface area contributed by atoms with Gasteiger partial charge in [-0.25, -0.2) is 0 Å². The van der Waals surface area contributed by atoms with Crippen molar-refractivity contribution in [3.8, 4) is 18.1 Å². The van der Waals surface area contributed by atoms with Crippen LogP contribution in [0.5, 0.6) is 5.75 Å². The molecule has 17 heavy (non-hydrogen) atoms. The van der Waals surface area contributed by atoms with Gasteiger partial charge in [0.25, 0.3) is 0 Å². The molecule has 4 nitrogen and oxygen atoms in total. The smallest absolute Gasteiger partial charge is 0.233 e. The van der Waals surface area contributed by atoms with Gasteiger partial charge in [-0.15, -0.1) is 6.42 Å². The average Bonchev–Trinajstić information content (AvgIpc) is 2.37. The van der Waals surface area contributed by atoms with E-state index in [1.807, 2.05) is 24.3 Å². The molecule has 0 spiro atoms. The van der Waals surface area contributed by atoms with Crippen molar-refractivity contribution < 1.29 is 9.53 Å². The van der Waals surface area contributed by atoms with Crippen LogP contribution in [0.3, 0.4) is 0 Å². The maximum Gasteiger partial charge on any atom is 0.233 e. The zero-order valence-electron chi connectivity index (χ0n) is 9.82. The molecule has 0 atom stereocenters. The van der Waals surface area contributed by atoms with E-state index in [9.17, 15) is 4.79 Å². The summed E-state index contributed by atoms with van der Waals surface area (Å²) in [6.45, 7) is 1.08. The molecule has 0 aromatic heterocycles. The highest BCUT2D eigenvalue weighted by Crippen LogP contribution is 2.17. The molecule has 0 unspecified atom stereocenters. The minimum atomic E-state index is -0.0491. The highest BCUT2D eigenvalue weighted by atomic mass is 16.5. The van der Waals surface area contributed by atoms with Crippen LogP contribution < -0.4 is 15.4 Å². The molecule has 1 aromatic carbocycles. The first-order chi connectivity index (χ1) is 8.27. The van der Waals surface area contributed by atoms with E-state index in [4.69, 9.17) is 11.2 Å². The van der Waals surface area contributed by atoms with Crippen molar-refractivity contribution in [1.82, 2.24) is 10.6 Å². The average molecular weight is 232 g/mol. The fourth-order valence-corrected chi connectivity index (χ4v) is 1.31. The van der Waals surface area contributed by atoms with Crippen LogP contribution in [0.4, 0.5) is 0 Å². The van der Waals surface area contributed by atoms with Crippen LogP contribution in [0.2, 0.25) is 0 Å². The van der Waals surface area contributed by atoms with Crippen molar-refractivity contribution >= 4 is 5.91 Å². The van der Waals surface area contributed by atoms with E-state index in [1.54, 1.807) is 7.05 Å². The molecule has 1 amide bonds. The molecule has 0 aliphatic heterocycles. The molecular formula is C13H16N2O2. The van der Waals surface area contributed by atoms with E-state index in [1.165, 1.54) is 0 Å². The topological polar surface area (TPSA) is 50.4 Å². The zero-order chi connectivity index (χ0) is 12.5. The van der Waals surface area contributed by atoms with Gasteiger partial charge < -0.3 is 15.4 Å². The van der Waals surface area contributed by atoms with Gasteiger partial charge >= 0.3 is 0 Å². The van der Waals surface area contributed by atoms with Gasteiger partial charge in [0, 0.05) is 19.2 Å². The van der Waals surface area contributed by atoms with Gasteiger partial charge in [-0.2, -0.15) is 0 Å². The molecule has 0 fully saturated rings. The Morgan fingerprint density at radius 1 is 1.47 bits per heavy atom. The van der Waals surface area contributed by atoms with Gasteiger partial charge in [0.15, 0.2) is 0 Å². The second kappa shape index (κ2) is 7.31. The van der Waals surface area contributed by atoms with Gasteiger partial charge in [0.05, 0.1) is 6.54 Å². The van der Waals surface area contributed by atoms with Crippen molar-refractivity contribution in [3.05, 3.63) is 29.8 Å². The van der Waals surface area contributed by atoms with Crippen LogP contribution in [0.15, 0.2) is 24.3 Å². The van der Waals surface area contributed by atoms with Crippen LogP contribution in [0.25, 0.3) is 0 Å². The van der Waals surface area contributed by atoms with Crippen LogP contribution in [0, 0.1) is 12.3 Å². The van der Waals surface area contributed by atoms with E-state index >= 15 is 0 Å². The molecule has 90 valence electrons. The molecule has 0 aliphatic rings. The van der Waals surface area contributed by atoms with Crippen molar-refractivity contribution in [1.29, 1.82) is 0 Å². The summed E-state index contributed by atoms with van der Waals surface area (Å²) in [7, 11) is 1.61. The Balaban J connectivity index is 2.52. The quantitative estimate of drug-likeness (QED) is 0.704. The van der Waals surface area contributed by atoms with E-state index < -0.39 is 0 Å². The predicted molar refractivity (Wildman–Crippen MR) is 66.5 cm³/mol. The minimum absolute atomic E-state index is 0.0491. The van der Waals surface area contributed by atoms with Crippen molar-refractivity contribution in [2.75, 3.05) is 20.2 Å². The number of likely N-dealkylation sites (N-methyl/N-ethyl adjacent to an activating group) is 1. The van der Waals surface area contributed by atoms with Gasteiger partial charge in [-0.05, 0) is 6.07 Å². The third kappa shape index (κ3) is 4.58. The number of ether oxygens (including phenoxy) is 1. The van der Waals surface area contributed by atoms with Crippen molar-refractivity contribution in [2.45, 2.75) is 6.54 Å². The summed E-state index contributed by atoms with van der Waals surface area (Å²) in [6, 6.07) is 7.59. The van der Waals surface area contributed by atoms with E-state index in [-0.39, 0.29) is 19.1 Å². The summed E-state index contributed by atoms with van der Waals surface area (Å²) in [5.41, 5.74) is 0.978. The summed E-state index contributed by atoms with van der Waals surface area (Å²) >= 11 is 0. The molecule has 0 bridgehead atoms. The van der Waals surface area contributed by atoms with Crippen LogP contribution >= 0.6 is 0 Å². The number of para-hydroxylation sites is 1. The van der Waals surface area contributed by atoms with Gasteiger partial charge in [0.1, 0.15) is 12.4 Å². The highest BCUT2D eigenvalue weighted by molar-refractivity contribution is 5.77. The number of hydrogen-bond acceptors (Lipinski definition) is 3. The highest BCUT2D eigenvalue weighted by Gasteiger charge is 2.03. The monoisotopic (exact) mass is 232 g/mol. The molecule has 0 aliphatic carbocycles. The lowest BCUT2D eigenvalue weighted by molar-refractivity contribution is -0.119. The van der Waals surface area contributed by atoms with Gasteiger partial charge in [0.2, 0.25) is 5.91 Å². The molecule has 4 heteroatoms. The van der Waals surface area contributed by atoms with E-state index in [0.717, 1.165) is 11.3 Å². The maximum atomic E-state index is 11.0. The van der Waals surface area contributed by atoms with E-state index in [0.29, 0.717) is 6.54 Å². The summed E-state index contributed by atoms with van der Waals surface area (Å²) in [4.78, 5) is 11.0. The molecule has 1 rings (SSSR count). The largest absolute Gasteiger partial charge is 0.481 e. The minimum Gasteiger partial charge on any atom is -0.481 e. The predicted octanol–water partition coefficient (Wildman–Crippen LogP) is 0.534. The normalized spacial score (nSPS) is 9.41. The Labute approximate surface area is 101 Å². The summed E-state index contributed by atoms with van der Waals surface area (Å²) in [5, 5.41) is 5.57. The van der Waals surface area contributed by atoms with Crippen molar-refractivity contribution in [2.24, 2.45) is 0 Å². The van der Waals surface area contributed by atoms with Crippen LogP contribution in [-0.2, 0) is 11.3 Å². The first-order valence-electron chi connectivity index (χ1n) is 5.33. The molecule has 0 radical (unpaired) electrons. The zero-order valence-corrected chi connectivity index (χ0v) is 9.82. The number of benzene rings is 1. The van der Waals surface area contributed by atoms with Crippen LogP contribution in [0.1, 0.15) is 5.56 Å². The lowest BCUT2D eigenvalue weighted by Gasteiger charge is -2.10. The second-order valence-corrected chi connectivity index (χ2v) is 3.38. The Morgan fingerprint density at radius 2 is 2.24 bits per heavy atom. The second-order valence-electron chi connectivity index (χ2n) is 3.38. The van der Waals surface area contributed by atoms with Crippen LogP contribution in [-0.4, -0.2) is 26.1 Å². The number of rotatable bonds is 6. The lowest BCUT2D eigenvalue weighted by atomic mass is 10.2. The number of hydrogen-bond donors (Lipinski definition) is 2. The Morgan fingerprint density at radius 3 is 2.94 bits per heavy atom. The standard InChI is InChI=1S/C13H16N2O2/c1-3-8-17-12-7-5-4-6-11(12)9-15-10-13(16)14-2/h1,4-7,15H,8-10H2,2H3,(H,14,16). The third-order valence-corrected chi connectivity index (χ3v) is 2.16. The number of nitrogens with one attached hydrogen (secondary N) is 2. The number of amides is 1. The fourth-order valence-electron chi connectivity index (χ4n) is 1.31. The summed E-state index contributed by atoms with van der Waals surface area (Å²) < 4.78 is 5.39. The number of carbonyl (C=O) groups is 1. The first kappa shape index (κ1) is 13.1. The molecule has 0 saturated carbocycles. The fraction of sp³-hybridized carbons (Fsp3) is 0.308.